The van der Waals surface area contributed by atoms with Gasteiger partial charge in [0.15, 0.2) is 5.82 Å². The summed E-state index contributed by atoms with van der Waals surface area (Å²) in [6.07, 6.45) is 0. The summed E-state index contributed by atoms with van der Waals surface area (Å²) in [7, 11) is 0. The second-order valence-electron chi connectivity index (χ2n) is 6.32. The van der Waals surface area contributed by atoms with Crippen molar-refractivity contribution in [1.29, 1.82) is 0 Å². The molecule has 2 aromatic carbocycles. The van der Waals surface area contributed by atoms with Gasteiger partial charge in [0.1, 0.15) is 11.5 Å². The highest BCUT2D eigenvalue weighted by atomic mass is 16.5. The molecule has 0 bridgehead atoms. The maximum Gasteiger partial charge on any atom is 0.374 e. The molecule has 0 aliphatic heterocycles. The standard InChI is InChI=1S/C11H10N2O4.C9H7N3O3/c1-2-17-11(16)9-12-8-4-3-6(14)5-7(8)10(15)13-9;10-7(14)8-11-6-2-1-4(13)3-5(6)9(15)12-8/h3-5,14H,2H2,1H3,(H,12,13,15);1-3,13H,(H2,10,14)(H,11,12,15). The minimum atomic E-state index is -0.804. The summed E-state index contributed by atoms with van der Waals surface area (Å²) < 4.78 is 4.73. The number of ether oxygens (including phenoxy) is 1. The van der Waals surface area contributed by atoms with Gasteiger partial charge in [-0.3, -0.25) is 14.4 Å². The van der Waals surface area contributed by atoms with Crippen molar-refractivity contribution in [1.82, 2.24) is 19.9 Å². The van der Waals surface area contributed by atoms with Crippen LogP contribution in [-0.2, 0) is 4.74 Å². The number of aromatic nitrogens is 4. The quantitative estimate of drug-likeness (QED) is 0.282. The van der Waals surface area contributed by atoms with Gasteiger partial charge in [0.25, 0.3) is 17.0 Å². The number of esters is 1. The highest BCUT2D eigenvalue weighted by molar-refractivity contribution is 5.91. The van der Waals surface area contributed by atoms with Crippen LogP contribution in [0.1, 0.15) is 28.2 Å². The Hall–Kier alpha value is -4.74. The molecule has 12 nitrogen and oxygen atoms in total. The topological polar surface area (TPSA) is 201 Å². The van der Waals surface area contributed by atoms with Crippen LogP contribution in [0.5, 0.6) is 11.5 Å². The van der Waals surface area contributed by atoms with Crippen molar-refractivity contribution in [3.05, 3.63) is 68.8 Å². The fourth-order valence-corrected chi connectivity index (χ4v) is 2.67. The molecule has 0 aliphatic rings. The Kier molecular flexibility index (Phi) is 6.14. The lowest BCUT2D eigenvalue weighted by atomic mass is 10.2. The van der Waals surface area contributed by atoms with Crippen molar-refractivity contribution < 1.29 is 24.5 Å². The SMILES string of the molecule is CCOC(=O)c1nc2ccc(O)cc2c(=O)[nH]1.NC(=O)c1nc2ccc(O)cc2c(=O)[nH]1. The molecule has 6 N–H and O–H groups in total. The number of fused-ring (bicyclic) bond motifs is 2. The number of phenols is 2. The second-order valence-corrected chi connectivity index (χ2v) is 6.32. The first-order chi connectivity index (χ1) is 15.2. The van der Waals surface area contributed by atoms with Crippen LogP contribution in [0, 0.1) is 0 Å². The summed E-state index contributed by atoms with van der Waals surface area (Å²) in [5.41, 5.74) is 4.62. The maximum absolute atomic E-state index is 11.6. The van der Waals surface area contributed by atoms with Gasteiger partial charge in [-0.1, -0.05) is 0 Å². The zero-order chi connectivity index (χ0) is 23.4. The number of primary amides is 1. The van der Waals surface area contributed by atoms with Crippen molar-refractivity contribution >= 4 is 33.7 Å². The average Bonchev–Trinajstić information content (AvgIpc) is 2.75. The van der Waals surface area contributed by atoms with Crippen LogP contribution < -0.4 is 16.9 Å². The van der Waals surface area contributed by atoms with E-state index < -0.39 is 23.0 Å². The fraction of sp³-hybridized carbons (Fsp3) is 0.100. The van der Waals surface area contributed by atoms with Gasteiger partial charge in [-0.2, -0.15) is 0 Å². The number of hydrogen-bond donors (Lipinski definition) is 5. The van der Waals surface area contributed by atoms with E-state index in [1.54, 1.807) is 6.92 Å². The van der Waals surface area contributed by atoms with E-state index in [4.69, 9.17) is 15.6 Å². The van der Waals surface area contributed by atoms with Gasteiger partial charge in [-0.15, -0.1) is 0 Å². The third-order valence-corrected chi connectivity index (χ3v) is 4.08. The Bertz CT molecular complexity index is 1460. The molecule has 32 heavy (non-hydrogen) atoms. The first-order valence-corrected chi connectivity index (χ1v) is 9.12. The molecular weight excluding hydrogens is 422 g/mol. The minimum Gasteiger partial charge on any atom is -0.508 e. The van der Waals surface area contributed by atoms with Crippen molar-refractivity contribution in [2.75, 3.05) is 6.61 Å². The van der Waals surface area contributed by atoms with E-state index in [1.165, 1.54) is 36.4 Å². The summed E-state index contributed by atoms with van der Waals surface area (Å²) in [5.74, 6) is -1.90. The maximum atomic E-state index is 11.6. The molecule has 4 aromatic rings. The predicted molar refractivity (Wildman–Crippen MR) is 113 cm³/mol. The van der Waals surface area contributed by atoms with Gasteiger partial charge in [0.05, 0.1) is 28.4 Å². The molecule has 2 heterocycles. The van der Waals surface area contributed by atoms with Gasteiger partial charge in [0, 0.05) is 0 Å². The summed E-state index contributed by atoms with van der Waals surface area (Å²) in [6, 6.07) is 8.22. The lowest BCUT2D eigenvalue weighted by Gasteiger charge is -2.02. The zero-order valence-electron chi connectivity index (χ0n) is 16.6. The molecule has 1 amide bonds. The van der Waals surface area contributed by atoms with Gasteiger partial charge in [-0.05, 0) is 43.3 Å². The number of hydrogen-bond acceptors (Lipinski definition) is 9. The number of phenolic OH excluding ortho intramolecular Hbond substituents is 2. The van der Waals surface area contributed by atoms with Crippen LogP contribution in [0.3, 0.4) is 0 Å². The van der Waals surface area contributed by atoms with Gasteiger partial charge < -0.3 is 30.7 Å². The van der Waals surface area contributed by atoms with Crippen LogP contribution in [0.2, 0.25) is 0 Å². The van der Waals surface area contributed by atoms with E-state index in [2.05, 4.69) is 19.9 Å². The van der Waals surface area contributed by atoms with Gasteiger partial charge in [0.2, 0.25) is 5.82 Å². The minimum absolute atomic E-state index is 0.0336. The van der Waals surface area contributed by atoms with Crippen molar-refractivity contribution in [2.45, 2.75) is 6.92 Å². The Morgan fingerprint density at radius 3 is 1.84 bits per heavy atom. The van der Waals surface area contributed by atoms with E-state index in [-0.39, 0.29) is 40.5 Å². The highest BCUT2D eigenvalue weighted by Crippen LogP contribution is 2.15. The summed E-state index contributed by atoms with van der Waals surface area (Å²) in [6.45, 7) is 1.87. The Labute approximate surface area is 178 Å². The first kappa shape index (κ1) is 22.0. The number of rotatable bonds is 3. The number of aromatic amines is 2. The monoisotopic (exact) mass is 439 g/mol. The van der Waals surface area contributed by atoms with Crippen LogP contribution in [0.15, 0.2) is 46.0 Å². The molecule has 12 heteroatoms. The molecular formula is C20H17N5O7. The Balaban J connectivity index is 0.000000182. The molecule has 0 saturated heterocycles. The van der Waals surface area contributed by atoms with Crippen molar-refractivity contribution in [3.63, 3.8) is 0 Å². The molecule has 0 atom stereocenters. The number of carbonyl (C=O) groups excluding carboxylic acids is 2. The number of H-pyrrole nitrogens is 2. The fourth-order valence-electron chi connectivity index (χ4n) is 2.67. The smallest absolute Gasteiger partial charge is 0.374 e. The summed E-state index contributed by atoms with van der Waals surface area (Å²) >= 11 is 0. The van der Waals surface area contributed by atoms with Crippen LogP contribution in [0.25, 0.3) is 21.8 Å². The third kappa shape index (κ3) is 4.70. The van der Waals surface area contributed by atoms with Crippen LogP contribution in [0.4, 0.5) is 0 Å². The van der Waals surface area contributed by atoms with E-state index in [1.807, 2.05) is 0 Å². The highest BCUT2D eigenvalue weighted by Gasteiger charge is 2.12. The van der Waals surface area contributed by atoms with Crippen LogP contribution in [-0.4, -0.2) is 48.6 Å². The number of nitrogens with one attached hydrogen (secondary N) is 2. The molecule has 0 radical (unpaired) electrons. The molecule has 0 aliphatic carbocycles. The largest absolute Gasteiger partial charge is 0.508 e. The lowest BCUT2D eigenvalue weighted by molar-refractivity contribution is 0.0512. The molecule has 0 saturated carbocycles. The summed E-state index contributed by atoms with van der Waals surface area (Å²) in [4.78, 5) is 57.6. The van der Waals surface area contributed by atoms with E-state index in [0.717, 1.165) is 0 Å². The first-order valence-electron chi connectivity index (χ1n) is 9.12. The molecule has 4 rings (SSSR count). The number of amides is 1. The normalized spacial score (nSPS) is 10.4. The van der Waals surface area contributed by atoms with Crippen molar-refractivity contribution in [3.8, 4) is 11.5 Å². The van der Waals surface area contributed by atoms with Crippen LogP contribution >= 0.6 is 0 Å². The molecule has 164 valence electrons. The number of benzene rings is 2. The second kappa shape index (κ2) is 8.95. The molecule has 2 aromatic heterocycles. The average molecular weight is 439 g/mol. The zero-order valence-corrected chi connectivity index (χ0v) is 16.6. The number of aromatic hydroxyl groups is 2. The van der Waals surface area contributed by atoms with Gasteiger partial charge >= 0.3 is 5.97 Å². The van der Waals surface area contributed by atoms with E-state index >= 15 is 0 Å². The number of nitrogens with zero attached hydrogens (tertiary/aromatic N) is 2. The number of nitrogens with two attached hydrogens (primary N) is 1. The van der Waals surface area contributed by atoms with E-state index in [9.17, 15) is 24.3 Å². The molecule has 0 unspecified atom stereocenters. The molecule has 0 fully saturated rings. The number of carbonyl (C=O) groups is 2. The molecule has 0 spiro atoms. The Morgan fingerprint density at radius 1 is 0.906 bits per heavy atom. The summed E-state index contributed by atoms with van der Waals surface area (Å²) in [5, 5.41) is 18.8. The lowest BCUT2D eigenvalue weighted by Crippen LogP contribution is -2.21. The third-order valence-electron chi connectivity index (χ3n) is 4.08. The predicted octanol–water partition coefficient (Wildman–Crippen LogP) is 0.533. The van der Waals surface area contributed by atoms with E-state index in [0.29, 0.717) is 11.0 Å². The van der Waals surface area contributed by atoms with Gasteiger partial charge in [-0.25, -0.2) is 14.8 Å². The Morgan fingerprint density at radius 2 is 1.38 bits per heavy atom. The van der Waals surface area contributed by atoms with Crippen molar-refractivity contribution in [2.24, 2.45) is 5.73 Å².